The molecule has 1 aliphatic heterocycles. The molecular weight excluding hydrogens is 278 g/mol. The van der Waals surface area contributed by atoms with Crippen molar-refractivity contribution in [2.75, 3.05) is 19.6 Å². The molecule has 2 aliphatic carbocycles. The van der Waals surface area contributed by atoms with Gasteiger partial charge in [0.25, 0.3) is 0 Å². The van der Waals surface area contributed by atoms with Gasteiger partial charge in [-0.2, -0.15) is 0 Å². The highest BCUT2D eigenvalue weighted by Gasteiger charge is 2.55. The number of carbonyl (C=O) groups excluding carboxylic acids is 2. The van der Waals surface area contributed by atoms with Crippen LogP contribution in [0, 0.1) is 11.3 Å². The molecule has 0 aromatic heterocycles. The summed E-state index contributed by atoms with van der Waals surface area (Å²) in [6.07, 6.45) is 10.2. The van der Waals surface area contributed by atoms with Gasteiger partial charge in [0.15, 0.2) is 0 Å². The molecule has 1 unspecified atom stereocenters. The Kier molecular flexibility index (Phi) is 4.71. The highest BCUT2D eigenvalue weighted by molar-refractivity contribution is 6.07. The van der Waals surface area contributed by atoms with E-state index in [2.05, 4.69) is 10.2 Å². The van der Waals surface area contributed by atoms with E-state index < -0.39 is 11.3 Å². The van der Waals surface area contributed by atoms with E-state index >= 15 is 0 Å². The molecule has 1 saturated heterocycles. The molecule has 0 radical (unpaired) electrons. The van der Waals surface area contributed by atoms with Gasteiger partial charge in [-0.3, -0.25) is 9.59 Å². The van der Waals surface area contributed by atoms with Crippen LogP contribution in [0.15, 0.2) is 0 Å². The first-order valence-corrected chi connectivity index (χ1v) is 8.93. The summed E-state index contributed by atoms with van der Waals surface area (Å²) in [5.41, 5.74) is 4.50. The van der Waals surface area contributed by atoms with E-state index in [1.807, 2.05) is 0 Å². The molecule has 0 aromatic rings. The third kappa shape index (κ3) is 3.45. The number of rotatable bonds is 5. The lowest BCUT2D eigenvalue weighted by Gasteiger charge is -2.36. The third-order valence-corrected chi connectivity index (χ3v) is 5.74. The fourth-order valence-electron chi connectivity index (χ4n) is 4.11. The van der Waals surface area contributed by atoms with Gasteiger partial charge in [0, 0.05) is 19.1 Å². The number of nitrogens with one attached hydrogen (secondary N) is 1. The molecule has 2 saturated carbocycles. The lowest BCUT2D eigenvalue weighted by atomic mass is 9.88. The first kappa shape index (κ1) is 15.8. The molecule has 1 atom stereocenters. The van der Waals surface area contributed by atoms with E-state index in [4.69, 9.17) is 5.73 Å². The zero-order chi connectivity index (χ0) is 15.6. The average Bonchev–Trinajstić information content (AvgIpc) is 3.30. The molecule has 3 N–H and O–H groups in total. The van der Waals surface area contributed by atoms with Crippen molar-refractivity contribution in [3.63, 3.8) is 0 Å². The van der Waals surface area contributed by atoms with Crippen LogP contribution in [0.3, 0.4) is 0 Å². The molecule has 2 amide bonds. The van der Waals surface area contributed by atoms with Crippen molar-refractivity contribution in [2.45, 2.75) is 63.8 Å². The third-order valence-electron chi connectivity index (χ3n) is 5.74. The van der Waals surface area contributed by atoms with Gasteiger partial charge in [-0.1, -0.05) is 19.3 Å². The Morgan fingerprint density at radius 1 is 1.09 bits per heavy atom. The topological polar surface area (TPSA) is 75.4 Å². The van der Waals surface area contributed by atoms with Gasteiger partial charge in [-0.25, -0.2) is 0 Å². The molecule has 0 aromatic carbocycles. The monoisotopic (exact) mass is 307 g/mol. The molecule has 5 nitrogen and oxygen atoms in total. The quantitative estimate of drug-likeness (QED) is 0.754. The van der Waals surface area contributed by atoms with E-state index in [1.165, 1.54) is 38.6 Å². The normalized spacial score (nSPS) is 29.0. The number of amides is 2. The van der Waals surface area contributed by atoms with E-state index in [0.29, 0.717) is 12.8 Å². The predicted octanol–water partition coefficient (Wildman–Crippen LogP) is 1.41. The molecule has 124 valence electrons. The summed E-state index contributed by atoms with van der Waals surface area (Å²) < 4.78 is 0. The summed E-state index contributed by atoms with van der Waals surface area (Å²) in [6.45, 7) is 3.24. The van der Waals surface area contributed by atoms with Crippen molar-refractivity contribution in [2.24, 2.45) is 17.1 Å². The summed E-state index contributed by atoms with van der Waals surface area (Å²) in [5, 5.41) is 3.09. The van der Waals surface area contributed by atoms with Gasteiger partial charge in [-0.15, -0.1) is 0 Å². The van der Waals surface area contributed by atoms with Crippen LogP contribution in [0.25, 0.3) is 0 Å². The minimum Gasteiger partial charge on any atom is -0.369 e. The van der Waals surface area contributed by atoms with Crippen molar-refractivity contribution >= 4 is 11.8 Å². The molecule has 3 fully saturated rings. The maximum Gasteiger partial charge on any atom is 0.235 e. The lowest BCUT2D eigenvalue weighted by molar-refractivity contribution is -0.136. The summed E-state index contributed by atoms with van der Waals surface area (Å²) >= 11 is 0. The highest BCUT2D eigenvalue weighted by Crippen LogP contribution is 2.45. The molecule has 3 aliphatic rings. The van der Waals surface area contributed by atoms with Gasteiger partial charge in [0.05, 0.1) is 0 Å². The van der Waals surface area contributed by atoms with Gasteiger partial charge in [0.2, 0.25) is 11.8 Å². The number of nitrogens with two attached hydrogens (primary N) is 1. The lowest BCUT2D eigenvalue weighted by Crippen LogP contribution is -2.52. The van der Waals surface area contributed by atoms with Crippen LogP contribution in [0.4, 0.5) is 0 Å². The molecule has 22 heavy (non-hydrogen) atoms. The van der Waals surface area contributed by atoms with Crippen molar-refractivity contribution in [1.82, 2.24) is 10.2 Å². The number of hydrogen-bond donors (Lipinski definition) is 2. The van der Waals surface area contributed by atoms with Crippen LogP contribution < -0.4 is 11.1 Å². The van der Waals surface area contributed by atoms with Crippen LogP contribution in [0.2, 0.25) is 0 Å². The van der Waals surface area contributed by atoms with Crippen molar-refractivity contribution < 1.29 is 9.59 Å². The Morgan fingerprint density at radius 3 is 2.45 bits per heavy atom. The van der Waals surface area contributed by atoms with Crippen molar-refractivity contribution in [3.8, 4) is 0 Å². The second-order valence-electron chi connectivity index (χ2n) is 7.52. The maximum atomic E-state index is 12.3. The number of nitrogens with zero attached hydrogens (tertiary/aromatic N) is 1. The zero-order valence-electron chi connectivity index (χ0n) is 13.5. The number of likely N-dealkylation sites (tertiary alicyclic amines) is 1. The molecule has 1 heterocycles. The first-order valence-electron chi connectivity index (χ1n) is 8.93. The minimum absolute atomic E-state index is 0.135. The van der Waals surface area contributed by atoms with Crippen molar-refractivity contribution in [1.29, 1.82) is 0 Å². The smallest absolute Gasteiger partial charge is 0.235 e. The Labute approximate surface area is 133 Å². The fourth-order valence-corrected chi connectivity index (χ4v) is 4.11. The van der Waals surface area contributed by atoms with E-state index in [0.717, 1.165) is 31.8 Å². The zero-order valence-corrected chi connectivity index (χ0v) is 13.5. The van der Waals surface area contributed by atoms with Crippen LogP contribution >= 0.6 is 0 Å². The number of piperidine rings is 1. The number of carbonyl (C=O) groups is 2. The maximum absolute atomic E-state index is 12.3. The Bertz CT molecular complexity index is 428. The first-order chi connectivity index (χ1) is 10.6. The van der Waals surface area contributed by atoms with Crippen molar-refractivity contribution in [3.05, 3.63) is 0 Å². The second kappa shape index (κ2) is 6.57. The van der Waals surface area contributed by atoms with Gasteiger partial charge in [0.1, 0.15) is 5.41 Å². The number of hydrogen-bond acceptors (Lipinski definition) is 3. The molecule has 5 heteroatoms. The van der Waals surface area contributed by atoms with Gasteiger partial charge in [-0.05, 0) is 51.0 Å². The Balaban J connectivity index is 1.48. The summed E-state index contributed by atoms with van der Waals surface area (Å²) in [6, 6.07) is 0.182. The predicted molar refractivity (Wildman–Crippen MR) is 85.0 cm³/mol. The largest absolute Gasteiger partial charge is 0.369 e. The molecule has 3 rings (SSSR count). The molecule has 0 spiro atoms. The van der Waals surface area contributed by atoms with E-state index in [1.54, 1.807) is 0 Å². The average molecular weight is 307 g/mol. The Hall–Kier alpha value is -1.10. The highest BCUT2D eigenvalue weighted by atomic mass is 16.2. The number of primary amides is 1. The van der Waals surface area contributed by atoms with Crippen LogP contribution in [0.1, 0.15) is 57.8 Å². The summed E-state index contributed by atoms with van der Waals surface area (Å²) in [7, 11) is 0. The van der Waals surface area contributed by atoms with Gasteiger partial charge < -0.3 is 16.0 Å². The van der Waals surface area contributed by atoms with Crippen LogP contribution in [0.5, 0.6) is 0 Å². The van der Waals surface area contributed by atoms with Crippen LogP contribution in [-0.4, -0.2) is 42.4 Å². The Morgan fingerprint density at radius 2 is 1.82 bits per heavy atom. The summed E-state index contributed by atoms with van der Waals surface area (Å²) in [4.78, 5) is 26.3. The summed E-state index contributed by atoms with van der Waals surface area (Å²) in [5.74, 6) is 0.244. The molecular formula is C17H29N3O2. The van der Waals surface area contributed by atoms with E-state index in [9.17, 15) is 9.59 Å². The standard InChI is InChI=1S/C17H29N3O2/c18-15(21)17(8-9-17)16(22)19-14-7-4-10-20(12-14)11-13-5-2-1-3-6-13/h13-14H,1-12H2,(H2,18,21)(H,19,22). The minimum atomic E-state index is -0.883. The second-order valence-corrected chi connectivity index (χ2v) is 7.52. The fraction of sp³-hybridized carbons (Fsp3) is 0.882. The molecule has 0 bridgehead atoms. The SMILES string of the molecule is NC(=O)C1(C(=O)NC2CCCN(CC3CCCCC3)C2)CC1. The van der Waals surface area contributed by atoms with Gasteiger partial charge >= 0.3 is 0 Å². The van der Waals surface area contributed by atoms with Crippen LogP contribution in [-0.2, 0) is 9.59 Å². The van der Waals surface area contributed by atoms with E-state index in [-0.39, 0.29) is 11.9 Å².